The number of hydrogen-bond acceptors (Lipinski definition) is 4. The van der Waals surface area contributed by atoms with E-state index >= 15 is 0 Å². The van der Waals surface area contributed by atoms with Gasteiger partial charge in [0.2, 0.25) is 0 Å². The Bertz CT molecular complexity index is 381. The SMILES string of the molecule is CCCNCC(O)Cn1cc(Cl)cnc1=O. The van der Waals surface area contributed by atoms with Crippen molar-refractivity contribution < 1.29 is 5.11 Å². The van der Waals surface area contributed by atoms with E-state index in [1.807, 2.05) is 6.92 Å². The molecule has 0 spiro atoms. The molecule has 0 bridgehead atoms. The van der Waals surface area contributed by atoms with E-state index in [2.05, 4.69) is 10.3 Å². The first-order valence-corrected chi connectivity index (χ1v) is 5.62. The summed E-state index contributed by atoms with van der Waals surface area (Å²) in [7, 11) is 0. The van der Waals surface area contributed by atoms with E-state index in [-0.39, 0.29) is 6.54 Å². The summed E-state index contributed by atoms with van der Waals surface area (Å²) in [6.07, 6.45) is 3.15. The van der Waals surface area contributed by atoms with Gasteiger partial charge in [-0.1, -0.05) is 18.5 Å². The van der Waals surface area contributed by atoms with Crippen LogP contribution in [0, 0.1) is 0 Å². The molecule has 0 aliphatic heterocycles. The van der Waals surface area contributed by atoms with Gasteiger partial charge in [-0.2, -0.15) is 0 Å². The van der Waals surface area contributed by atoms with Gasteiger partial charge in [0, 0.05) is 12.7 Å². The Hall–Kier alpha value is -0.910. The average Bonchev–Trinajstić information content (AvgIpc) is 2.24. The van der Waals surface area contributed by atoms with Crippen LogP contribution in [0.4, 0.5) is 0 Å². The van der Waals surface area contributed by atoms with Crippen LogP contribution in [0.1, 0.15) is 13.3 Å². The summed E-state index contributed by atoms with van der Waals surface area (Å²) in [6.45, 7) is 3.54. The molecule has 5 nitrogen and oxygen atoms in total. The molecular weight excluding hydrogens is 230 g/mol. The molecule has 1 atom stereocenters. The molecule has 6 heteroatoms. The van der Waals surface area contributed by atoms with Crippen molar-refractivity contribution in [3.8, 4) is 0 Å². The molecule has 90 valence electrons. The van der Waals surface area contributed by atoms with Gasteiger partial charge >= 0.3 is 5.69 Å². The Morgan fingerprint density at radius 3 is 3.12 bits per heavy atom. The van der Waals surface area contributed by atoms with Crippen LogP contribution >= 0.6 is 11.6 Å². The normalized spacial score (nSPS) is 12.7. The number of hydrogen-bond donors (Lipinski definition) is 2. The number of nitrogens with zero attached hydrogens (tertiary/aromatic N) is 2. The highest BCUT2D eigenvalue weighted by molar-refractivity contribution is 6.30. The molecule has 1 rings (SSSR count). The largest absolute Gasteiger partial charge is 0.390 e. The standard InChI is InChI=1S/C10H16ClN3O2/c1-2-3-12-5-9(15)7-14-6-8(11)4-13-10(14)16/h4,6,9,12,15H,2-3,5,7H2,1H3. The zero-order chi connectivity index (χ0) is 12.0. The molecule has 0 aliphatic carbocycles. The Labute approximate surface area is 99.1 Å². The molecule has 1 aromatic heterocycles. The molecule has 0 aromatic carbocycles. The van der Waals surface area contributed by atoms with Crippen LogP contribution in [-0.4, -0.2) is 33.9 Å². The van der Waals surface area contributed by atoms with Crippen LogP contribution in [0.3, 0.4) is 0 Å². The Morgan fingerprint density at radius 1 is 1.69 bits per heavy atom. The highest BCUT2D eigenvalue weighted by Crippen LogP contribution is 2.01. The molecule has 0 amide bonds. The maximum absolute atomic E-state index is 11.3. The van der Waals surface area contributed by atoms with Gasteiger partial charge < -0.3 is 10.4 Å². The van der Waals surface area contributed by atoms with Crippen LogP contribution in [0.2, 0.25) is 5.02 Å². The number of rotatable bonds is 6. The van der Waals surface area contributed by atoms with Gasteiger partial charge in [0.25, 0.3) is 0 Å². The highest BCUT2D eigenvalue weighted by Gasteiger charge is 2.06. The van der Waals surface area contributed by atoms with E-state index in [1.54, 1.807) is 0 Å². The summed E-state index contributed by atoms with van der Waals surface area (Å²) in [6, 6.07) is 0. The molecule has 1 heterocycles. The van der Waals surface area contributed by atoms with Crippen molar-refractivity contribution in [2.45, 2.75) is 26.0 Å². The zero-order valence-electron chi connectivity index (χ0n) is 9.19. The summed E-state index contributed by atoms with van der Waals surface area (Å²) >= 11 is 5.71. The maximum atomic E-state index is 11.3. The van der Waals surface area contributed by atoms with Crippen LogP contribution in [-0.2, 0) is 6.54 Å². The Balaban J connectivity index is 2.52. The van der Waals surface area contributed by atoms with Gasteiger partial charge in [0.05, 0.1) is 23.9 Å². The number of aliphatic hydroxyl groups is 1. The molecule has 1 aromatic rings. The Kier molecular flexibility index (Phi) is 5.45. The molecule has 0 aliphatic rings. The summed E-state index contributed by atoms with van der Waals surface area (Å²) in [5.74, 6) is 0. The lowest BCUT2D eigenvalue weighted by atomic mass is 10.3. The lowest BCUT2D eigenvalue weighted by molar-refractivity contribution is 0.150. The molecular formula is C10H16ClN3O2. The number of nitrogens with one attached hydrogen (secondary N) is 1. The lowest BCUT2D eigenvalue weighted by Crippen LogP contribution is -2.34. The average molecular weight is 246 g/mol. The number of aromatic nitrogens is 2. The van der Waals surface area contributed by atoms with Gasteiger partial charge in [0.1, 0.15) is 0 Å². The molecule has 0 fully saturated rings. The van der Waals surface area contributed by atoms with Gasteiger partial charge in [-0.15, -0.1) is 0 Å². The third kappa shape index (κ3) is 4.30. The van der Waals surface area contributed by atoms with Crippen molar-refractivity contribution in [2.24, 2.45) is 0 Å². The Morgan fingerprint density at radius 2 is 2.44 bits per heavy atom. The van der Waals surface area contributed by atoms with Gasteiger partial charge in [-0.3, -0.25) is 4.57 Å². The summed E-state index contributed by atoms with van der Waals surface area (Å²) in [5.41, 5.74) is -0.404. The van der Waals surface area contributed by atoms with Gasteiger partial charge in [0.15, 0.2) is 0 Å². The van der Waals surface area contributed by atoms with E-state index in [4.69, 9.17) is 11.6 Å². The third-order valence-electron chi connectivity index (χ3n) is 2.04. The summed E-state index contributed by atoms with van der Waals surface area (Å²) < 4.78 is 1.31. The first-order chi connectivity index (χ1) is 7.63. The minimum absolute atomic E-state index is 0.198. The second-order valence-electron chi connectivity index (χ2n) is 3.57. The number of aliphatic hydroxyl groups excluding tert-OH is 1. The van der Waals surface area contributed by atoms with Crippen LogP contribution in [0.25, 0.3) is 0 Å². The van der Waals surface area contributed by atoms with Crippen molar-refractivity contribution in [2.75, 3.05) is 13.1 Å². The maximum Gasteiger partial charge on any atom is 0.347 e. The molecule has 0 radical (unpaired) electrons. The molecule has 1 unspecified atom stereocenters. The second kappa shape index (κ2) is 6.62. The van der Waals surface area contributed by atoms with Crippen molar-refractivity contribution in [3.63, 3.8) is 0 Å². The van der Waals surface area contributed by atoms with Crippen LogP contribution in [0.5, 0.6) is 0 Å². The fourth-order valence-electron chi connectivity index (χ4n) is 1.30. The quantitative estimate of drug-likeness (QED) is 0.706. The van der Waals surface area contributed by atoms with Gasteiger partial charge in [-0.05, 0) is 13.0 Å². The van der Waals surface area contributed by atoms with Crippen molar-refractivity contribution in [1.29, 1.82) is 0 Å². The molecule has 0 saturated heterocycles. The topological polar surface area (TPSA) is 67.2 Å². The monoisotopic (exact) mass is 245 g/mol. The smallest absolute Gasteiger partial charge is 0.347 e. The van der Waals surface area contributed by atoms with Crippen molar-refractivity contribution in [1.82, 2.24) is 14.9 Å². The zero-order valence-corrected chi connectivity index (χ0v) is 9.94. The van der Waals surface area contributed by atoms with Crippen LogP contribution in [0.15, 0.2) is 17.2 Å². The first-order valence-electron chi connectivity index (χ1n) is 5.24. The molecule has 16 heavy (non-hydrogen) atoms. The number of halogens is 1. The summed E-state index contributed by atoms with van der Waals surface area (Å²) in [4.78, 5) is 14.9. The van der Waals surface area contributed by atoms with Crippen LogP contribution < -0.4 is 11.0 Å². The fourth-order valence-corrected chi connectivity index (χ4v) is 1.46. The molecule has 0 saturated carbocycles. The van der Waals surface area contributed by atoms with Gasteiger partial charge in [-0.25, -0.2) is 9.78 Å². The second-order valence-corrected chi connectivity index (χ2v) is 4.00. The predicted octanol–water partition coefficient (Wildman–Crippen LogP) is 0.257. The third-order valence-corrected chi connectivity index (χ3v) is 2.23. The van der Waals surface area contributed by atoms with E-state index in [1.165, 1.54) is 17.0 Å². The minimum atomic E-state index is -0.621. The predicted molar refractivity (Wildman–Crippen MR) is 62.7 cm³/mol. The van der Waals surface area contributed by atoms with E-state index in [9.17, 15) is 9.90 Å². The molecule has 2 N–H and O–H groups in total. The van der Waals surface area contributed by atoms with Crippen molar-refractivity contribution in [3.05, 3.63) is 27.9 Å². The highest BCUT2D eigenvalue weighted by atomic mass is 35.5. The van der Waals surface area contributed by atoms with E-state index < -0.39 is 11.8 Å². The minimum Gasteiger partial charge on any atom is -0.390 e. The fraction of sp³-hybridized carbons (Fsp3) is 0.600. The van der Waals surface area contributed by atoms with Crippen molar-refractivity contribution >= 4 is 11.6 Å². The van der Waals surface area contributed by atoms with E-state index in [0.29, 0.717) is 11.6 Å². The van der Waals surface area contributed by atoms with E-state index in [0.717, 1.165) is 13.0 Å². The first kappa shape index (κ1) is 13.2. The lowest BCUT2D eigenvalue weighted by Gasteiger charge is -2.12. The summed E-state index contributed by atoms with van der Waals surface area (Å²) in [5, 5.41) is 13.1.